The Hall–Kier alpha value is -0.630. The van der Waals surface area contributed by atoms with Gasteiger partial charge in [-0.05, 0) is 42.2 Å². The van der Waals surface area contributed by atoms with Crippen molar-refractivity contribution in [1.29, 1.82) is 0 Å². The molecule has 0 saturated carbocycles. The van der Waals surface area contributed by atoms with Crippen molar-refractivity contribution < 1.29 is 4.39 Å². The lowest BCUT2D eigenvalue weighted by molar-refractivity contribution is 0.617. The molecule has 0 unspecified atom stereocenters. The maximum absolute atomic E-state index is 13.1. The minimum absolute atomic E-state index is 0.107. The molecule has 0 nitrogen and oxygen atoms in total. The van der Waals surface area contributed by atoms with E-state index < -0.39 is 0 Å². The molecule has 1 aliphatic rings. The van der Waals surface area contributed by atoms with Crippen molar-refractivity contribution in [3.63, 3.8) is 0 Å². The van der Waals surface area contributed by atoms with Crippen LogP contribution >= 0.6 is 15.9 Å². The first kappa shape index (κ1) is 7.99. The summed E-state index contributed by atoms with van der Waals surface area (Å²) in [5, 5.41) is 0. The van der Waals surface area contributed by atoms with E-state index in [1.54, 1.807) is 13.0 Å². The van der Waals surface area contributed by atoms with Gasteiger partial charge in [0.2, 0.25) is 0 Å². The van der Waals surface area contributed by atoms with Crippen molar-refractivity contribution in [3.05, 3.63) is 40.7 Å². The Morgan fingerprint density at radius 3 is 2.92 bits per heavy atom. The zero-order chi connectivity index (χ0) is 8.72. The monoisotopic (exact) mass is 226 g/mol. The molecule has 62 valence electrons. The van der Waals surface area contributed by atoms with Crippen molar-refractivity contribution in [2.45, 2.75) is 13.3 Å². The van der Waals surface area contributed by atoms with Gasteiger partial charge in [0, 0.05) is 4.48 Å². The van der Waals surface area contributed by atoms with Crippen molar-refractivity contribution in [2.75, 3.05) is 0 Å². The van der Waals surface area contributed by atoms with Gasteiger partial charge in [0.1, 0.15) is 5.82 Å². The van der Waals surface area contributed by atoms with E-state index in [1.807, 2.05) is 6.07 Å². The van der Waals surface area contributed by atoms with Gasteiger partial charge in [0.15, 0.2) is 0 Å². The van der Waals surface area contributed by atoms with Crippen LogP contribution in [-0.2, 0) is 6.42 Å². The summed E-state index contributed by atoms with van der Waals surface area (Å²) < 4.78 is 14.1. The summed E-state index contributed by atoms with van der Waals surface area (Å²) in [6.45, 7) is 1.79. The molecule has 0 saturated heterocycles. The third kappa shape index (κ3) is 1.11. The topological polar surface area (TPSA) is 0 Å². The fourth-order valence-electron chi connectivity index (χ4n) is 1.42. The number of aryl methyl sites for hydroxylation is 1. The fraction of sp³-hybridized carbons (Fsp3) is 0.200. The zero-order valence-corrected chi connectivity index (χ0v) is 8.28. The zero-order valence-electron chi connectivity index (χ0n) is 6.70. The molecule has 0 aliphatic heterocycles. The van der Waals surface area contributed by atoms with Crippen LogP contribution in [0.25, 0.3) is 4.48 Å². The summed E-state index contributed by atoms with van der Waals surface area (Å²) in [5.41, 5.74) is 2.92. The lowest BCUT2D eigenvalue weighted by Gasteiger charge is -2.02. The Morgan fingerprint density at radius 1 is 1.42 bits per heavy atom. The molecule has 0 heterocycles. The highest BCUT2D eigenvalue weighted by Gasteiger charge is 2.13. The quantitative estimate of drug-likeness (QED) is 0.636. The Bertz CT molecular complexity index is 366. The van der Waals surface area contributed by atoms with E-state index in [-0.39, 0.29) is 5.82 Å². The van der Waals surface area contributed by atoms with Gasteiger partial charge in [0.05, 0.1) is 0 Å². The number of fused-ring (bicyclic) bond motifs is 1. The first-order chi connectivity index (χ1) is 5.68. The van der Waals surface area contributed by atoms with Crippen LogP contribution in [0.5, 0.6) is 0 Å². The highest BCUT2D eigenvalue weighted by Crippen LogP contribution is 2.33. The van der Waals surface area contributed by atoms with Gasteiger partial charge in [-0.3, -0.25) is 0 Å². The molecule has 0 radical (unpaired) electrons. The van der Waals surface area contributed by atoms with E-state index in [4.69, 9.17) is 0 Å². The molecule has 0 atom stereocenters. The summed E-state index contributed by atoms with van der Waals surface area (Å²) in [7, 11) is 0. The van der Waals surface area contributed by atoms with Crippen LogP contribution < -0.4 is 0 Å². The Kier molecular flexibility index (Phi) is 1.80. The van der Waals surface area contributed by atoms with Gasteiger partial charge < -0.3 is 0 Å². The van der Waals surface area contributed by atoms with Gasteiger partial charge in [-0.2, -0.15) is 0 Å². The summed E-state index contributed by atoms with van der Waals surface area (Å²) in [5.74, 6) is -0.107. The molecule has 0 fully saturated rings. The molecule has 1 aliphatic carbocycles. The van der Waals surface area contributed by atoms with Crippen LogP contribution in [0.4, 0.5) is 4.39 Å². The average molecular weight is 227 g/mol. The van der Waals surface area contributed by atoms with Crippen LogP contribution in [0, 0.1) is 12.7 Å². The summed E-state index contributed by atoms with van der Waals surface area (Å²) in [6, 6.07) is 3.51. The molecule has 1 aromatic rings. The number of allylic oxidation sites excluding steroid dienone is 1. The molecule has 1 aromatic carbocycles. The largest absolute Gasteiger partial charge is 0.207 e. The van der Waals surface area contributed by atoms with Gasteiger partial charge in [-0.1, -0.05) is 22.0 Å². The lowest BCUT2D eigenvalue weighted by atomic mass is 10.1. The number of halogens is 2. The van der Waals surface area contributed by atoms with E-state index in [2.05, 4.69) is 22.0 Å². The van der Waals surface area contributed by atoms with Crippen molar-refractivity contribution in [2.24, 2.45) is 0 Å². The second kappa shape index (κ2) is 2.70. The van der Waals surface area contributed by atoms with Crippen LogP contribution in [0.2, 0.25) is 0 Å². The van der Waals surface area contributed by atoms with Gasteiger partial charge in [0.25, 0.3) is 0 Å². The maximum Gasteiger partial charge on any atom is 0.126 e. The molecule has 0 N–H and O–H groups in total. The van der Waals surface area contributed by atoms with Gasteiger partial charge >= 0.3 is 0 Å². The number of rotatable bonds is 0. The highest BCUT2D eigenvalue weighted by atomic mass is 79.9. The Morgan fingerprint density at radius 2 is 2.17 bits per heavy atom. The molecule has 2 rings (SSSR count). The fourth-order valence-corrected chi connectivity index (χ4v) is 1.95. The predicted molar refractivity (Wildman–Crippen MR) is 51.7 cm³/mol. The maximum atomic E-state index is 13.1. The number of hydrogen-bond acceptors (Lipinski definition) is 0. The molecule has 0 amide bonds. The second-order valence-corrected chi connectivity index (χ2v) is 3.87. The van der Waals surface area contributed by atoms with Crippen LogP contribution in [0.3, 0.4) is 0 Å². The first-order valence-corrected chi connectivity index (χ1v) is 4.63. The van der Waals surface area contributed by atoms with Gasteiger partial charge in [-0.15, -0.1) is 0 Å². The third-order valence-electron chi connectivity index (χ3n) is 2.14. The standard InChI is InChI=1S/C10H8BrF/c1-6-4-8-7(5-10(6)12)2-3-9(8)11/h3-5H,2H2,1H3. The van der Waals surface area contributed by atoms with Crippen molar-refractivity contribution >= 4 is 20.4 Å². The predicted octanol–water partition coefficient (Wildman–Crippen LogP) is 3.43. The van der Waals surface area contributed by atoms with E-state index in [1.165, 1.54) is 0 Å². The molecular weight excluding hydrogens is 219 g/mol. The van der Waals surface area contributed by atoms with Crippen LogP contribution in [0.1, 0.15) is 16.7 Å². The molecule has 12 heavy (non-hydrogen) atoms. The average Bonchev–Trinajstić information content (AvgIpc) is 2.35. The van der Waals surface area contributed by atoms with E-state index in [0.717, 1.165) is 22.0 Å². The lowest BCUT2D eigenvalue weighted by Crippen LogP contribution is -1.88. The minimum Gasteiger partial charge on any atom is -0.207 e. The smallest absolute Gasteiger partial charge is 0.126 e. The second-order valence-electron chi connectivity index (χ2n) is 3.01. The molecular formula is C10H8BrF. The minimum atomic E-state index is -0.107. The van der Waals surface area contributed by atoms with E-state index in [0.29, 0.717) is 5.56 Å². The molecule has 0 bridgehead atoms. The van der Waals surface area contributed by atoms with Crippen LogP contribution in [0.15, 0.2) is 18.2 Å². The third-order valence-corrected chi connectivity index (χ3v) is 2.89. The van der Waals surface area contributed by atoms with Crippen molar-refractivity contribution in [3.8, 4) is 0 Å². The van der Waals surface area contributed by atoms with Gasteiger partial charge in [-0.25, -0.2) is 4.39 Å². The van der Waals surface area contributed by atoms with E-state index >= 15 is 0 Å². The summed E-state index contributed by atoms with van der Waals surface area (Å²) in [4.78, 5) is 0. The molecule has 0 spiro atoms. The Labute approximate surface area is 79.2 Å². The number of hydrogen-bond donors (Lipinski definition) is 0. The number of benzene rings is 1. The van der Waals surface area contributed by atoms with E-state index in [9.17, 15) is 4.39 Å². The Balaban J connectivity index is 2.63. The molecule has 2 heteroatoms. The summed E-state index contributed by atoms with van der Waals surface area (Å²) in [6.07, 6.45) is 2.90. The highest BCUT2D eigenvalue weighted by molar-refractivity contribution is 9.15. The van der Waals surface area contributed by atoms with Crippen LogP contribution in [-0.4, -0.2) is 0 Å². The first-order valence-electron chi connectivity index (χ1n) is 3.83. The normalized spacial score (nSPS) is 14.4. The van der Waals surface area contributed by atoms with Crippen molar-refractivity contribution in [1.82, 2.24) is 0 Å². The molecule has 0 aromatic heterocycles. The SMILES string of the molecule is Cc1cc2c(cc1F)CC=C2Br. The summed E-state index contributed by atoms with van der Waals surface area (Å²) >= 11 is 3.43.